The molecule has 3 N–H and O–H groups in total. The summed E-state index contributed by atoms with van der Waals surface area (Å²) in [7, 11) is 0. The molecule has 6 nitrogen and oxygen atoms in total. The lowest BCUT2D eigenvalue weighted by atomic mass is 9.91. The summed E-state index contributed by atoms with van der Waals surface area (Å²) >= 11 is 0. The molecule has 29 heavy (non-hydrogen) atoms. The number of benzene rings is 2. The molecule has 0 radical (unpaired) electrons. The number of halogens is 2. The maximum Gasteiger partial charge on any atom is 0.247 e. The van der Waals surface area contributed by atoms with Crippen LogP contribution in [0.1, 0.15) is 12.5 Å². The van der Waals surface area contributed by atoms with Crippen LogP contribution in [0, 0.1) is 0 Å². The number of carbonyl (C=O) groups is 2. The van der Waals surface area contributed by atoms with Gasteiger partial charge in [-0.05, 0) is 24.6 Å². The Morgan fingerprint density at radius 3 is 2.00 bits per heavy atom. The van der Waals surface area contributed by atoms with E-state index in [9.17, 15) is 9.59 Å². The second-order valence-electron chi connectivity index (χ2n) is 7.05. The van der Waals surface area contributed by atoms with Crippen LogP contribution in [0.5, 0.6) is 0 Å². The van der Waals surface area contributed by atoms with Gasteiger partial charge < -0.3 is 16.0 Å². The van der Waals surface area contributed by atoms with E-state index < -0.39 is 5.54 Å². The van der Waals surface area contributed by atoms with E-state index in [1.807, 2.05) is 60.7 Å². The molecule has 1 atom stereocenters. The summed E-state index contributed by atoms with van der Waals surface area (Å²) in [5, 5.41) is 2.89. The molecule has 0 spiro atoms. The van der Waals surface area contributed by atoms with Crippen LogP contribution >= 0.6 is 24.8 Å². The van der Waals surface area contributed by atoms with Gasteiger partial charge in [0.1, 0.15) is 5.54 Å². The maximum atomic E-state index is 12.9. The summed E-state index contributed by atoms with van der Waals surface area (Å²) in [5.74, 6) is -0.129. The molecule has 0 aliphatic carbocycles. The van der Waals surface area contributed by atoms with Crippen molar-refractivity contribution >= 4 is 42.3 Å². The van der Waals surface area contributed by atoms with Crippen LogP contribution in [0.3, 0.4) is 0 Å². The molecule has 1 saturated heterocycles. The van der Waals surface area contributed by atoms with Crippen molar-refractivity contribution in [2.75, 3.05) is 38.0 Å². The number of carbonyl (C=O) groups excluding carboxylic acids is 2. The number of amides is 2. The molecular formula is C21H28Cl2N4O2. The molecule has 2 amide bonds. The highest BCUT2D eigenvalue weighted by Crippen LogP contribution is 2.21. The van der Waals surface area contributed by atoms with Gasteiger partial charge in [-0.3, -0.25) is 14.5 Å². The van der Waals surface area contributed by atoms with Crippen LogP contribution in [0.4, 0.5) is 5.69 Å². The van der Waals surface area contributed by atoms with Crippen LogP contribution in [0.2, 0.25) is 0 Å². The van der Waals surface area contributed by atoms with Gasteiger partial charge in [-0.15, -0.1) is 24.8 Å². The lowest BCUT2D eigenvalue weighted by molar-refractivity contribution is -0.138. The standard InChI is InChI=1S/C21H26N4O2.2ClH/c1-21(22,17-8-4-2-5-9-17)20(27)25-14-12-24(13-15-25)16-19(26)23-18-10-6-3-7-11-18;;/h2-11H,12-16,22H2,1H3,(H,23,26);2*1H. The molecule has 158 valence electrons. The average molecular weight is 439 g/mol. The lowest BCUT2D eigenvalue weighted by Gasteiger charge is -2.38. The summed E-state index contributed by atoms with van der Waals surface area (Å²) in [6.45, 7) is 4.51. The summed E-state index contributed by atoms with van der Waals surface area (Å²) < 4.78 is 0. The molecular weight excluding hydrogens is 411 g/mol. The first-order valence-corrected chi connectivity index (χ1v) is 9.18. The Morgan fingerprint density at radius 1 is 0.931 bits per heavy atom. The molecule has 2 aromatic rings. The van der Waals surface area contributed by atoms with Gasteiger partial charge in [-0.25, -0.2) is 0 Å². The maximum absolute atomic E-state index is 12.9. The van der Waals surface area contributed by atoms with E-state index >= 15 is 0 Å². The first-order chi connectivity index (χ1) is 13.0. The Kier molecular flexibility index (Phi) is 9.59. The number of nitrogens with zero attached hydrogens (tertiary/aromatic N) is 2. The minimum Gasteiger partial charge on any atom is -0.338 e. The molecule has 0 saturated carbocycles. The fourth-order valence-corrected chi connectivity index (χ4v) is 3.27. The zero-order valence-electron chi connectivity index (χ0n) is 16.4. The monoisotopic (exact) mass is 438 g/mol. The van der Waals surface area contributed by atoms with Crippen molar-refractivity contribution in [3.8, 4) is 0 Å². The number of anilines is 1. The number of piperazine rings is 1. The molecule has 2 aromatic carbocycles. The third kappa shape index (κ3) is 6.44. The van der Waals surface area contributed by atoms with Gasteiger partial charge in [0.25, 0.3) is 0 Å². The number of hydrogen-bond acceptors (Lipinski definition) is 4. The van der Waals surface area contributed by atoms with Crippen LogP contribution < -0.4 is 11.1 Å². The Balaban J connectivity index is 0.00000210. The summed E-state index contributed by atoms with van der Waals surface area (Å²) in [4.78, 5) is 28.9. The van der Waals surface area contributed by atoms with Crippen molar-refractivity contribution in [2.24, 2.45) is 5.73 Å². The van der Waals surface area contributed by atoms with Crippen molar-refractivity contribution in [1.29, 1.82) is 0 Å². The second kappa shape index (κ2) is 11.2. The van der Waals surface area contributed by atoms with E-state index in [1.54, 1.807) is 11.8 Å². The van der Waals surface area contributed by atoms with Gasteiger partial charge in [-0.2, -0.15) is 0 Å². The number of para-hydroxylation sites is 1. The first-order valence-electron chi connectivity index (χ1n) is 9.18. The predicted octanol–water partition coefficient (Wildman–Crippen LogP) is 2.49. The average Bonchev–Trinajstić information content (AvgIpc) is 2.69. The van der Waals surface area contributed by atoms with Crippen molar-refractivity contribution < 1.29 is 9.59 Å². The Hall–Kier alpha value is -2.12. The molecule has 0 aromatic heterocycles. The van der Waals surface area contributed by atoms with E-state index in [2.05, 4.69) is 10.2 Å². The van der Waals surface area contributed by atoms with Gasteiger partial charge >= 0.3 is 0 Å². The Bertz CT molecular complexity index is 780. The summed E-state index contributed by atoms with van der Waals surface area (Å²) in [6.07, 6.45) is 0. The highest BCUT2D eigenvalue weighted by Gasteiger charge is 2.35. The van der Waals surface area contributed by atoms with Crippen LogP contribution in [0.15, 0.2) is 60.7 Å². The zero-order chi connectivity index (χ0) is 19.3. The summed E-state index contributed by atoms with van der Waals surface area (Å²) in [5.41, 5.74) is 6.89. The van der Waals surface area contributed by atoms with Gasteiger partial charge in [0.15, 0.2) is 0 Å². The van der Waals surface area contributed by atoms with E-state index in [0.717, 1.165) is 11.3 Å². The highest BCUT2D eigenvalue weighted by molar-refractivity contribution is 5.92. The predicted molar refractivity (Wildman–Crippen MR) is 121 cm³/mol. The van der Waals surface area contributed by atoms with E-state index in [-0.39, 0.29) is 36.6 Å². The topological polar surface area (TPSA) is 78.7 Å². The Morgan fingerprint density at radius 2 is 1.45 bits per heavy atom. The number of nitrogens with one attached hydrogen (secondary N) is 1. The number of rotatable bonds is 5. The minimum absolute atomic E-state index is 0. The lowest BCUT2D eigenvalue weighted by Crippen LogP contribution is -2.57. The molecule has 0 bridgehead atoms. The van der Waals surface area contributed by atoms with Crippen molar-refractivity contribution in [3.05, 3.63) is 66.2 Å². The fraction of sp³-hybridized carbons (Fsp3) is 0.333. The van der Waals surface area contributed by atoms with Crippen molar-refractivity contribution in [2.45, 2.75) is 12.5 Å². The van der Waals surface area contributed by atoms with Gasteiger partial charge in [-0.1, -0.05) is 48.5 Å². The largest absolute Gasteiger partial charge is 0.338 e. The van der Waals surface area contributed by atoms with E-state index in [0.29, 0.717) is 32.7 Å². The number of hydrogen-bond donors (Lipinski definition) is 2. The van der Waals surface area contributed by atoms with Gasteiger partial charge in [0.05, 0.1) is 6.54 Å². The molecule has 1 unspecified atom stereocenters. The smallest absolute Gasteiger partial charge is 0.247 e. The molecule has 3 rings (SSSR count). The molecule has 1 heterocycles. The van der Waals surface area contributed by atoms with Crippen molar-refractivity contribution in [3.63, 3.8) is 0 Å². The normalized spacial score (nSPS) is 16.0. The highest BCUT2D eigenvalue weighted by atomic mass is 35.5. The van der Waals surface area contributed by atoms with Crippen LogP contribution in [0.25, 0.3) is 0 Å². The third-order valence-corrected chi connectivity index (χ3v) is 4.90. The number of nitrogens with two attached hydrogens (primary N) is 1. The first kappa shape index (κ1) is 24.9. The molecule has 8 heteroatoms. The second-order valence-corrected chi connectivity index (χ2v) is 7.05. The third-order valence-electron chi connectivity index (χ3n) is 4.90. The SMILES string of the molecule is CC(N)(C(=O)N1CCN(CC(=O)Nc2ccccc2)CC1)c1ccccc1.Cl.Cl. The molecule has 1 aliphatic rings. The fourth-order valence-electron chi connectivity index (χ4n) is 3.27. The van der Waals surface area contributed by atoms with Crippen LogP contribution in [-0.4, -0.2) is 54.3 Å². The van der Waals surface area contributed by atoms with E-state index in [1.165, 1.54) is 0 Å². The van der Waals surface area contributed by atoms with Gasteiger partial charge in [0.2, 0.25) is 11.8 Å². The van der Waals surface area contributed by atoms with Gasteiger partial charge in [0, 0.05) is 31.9 Å². The Labute approximate surface area is 184 Å². The molecule has 1 aliphatic heterocycles. The van der Waals surface area contributed by atoms with Crippen LogP contribution in [-0.2, 0) is 15.1 Å². The summed E-state index contributed by atoms with van der Waals surface area (Å²) in [6, 6.07) is 18.8. The molecule has 1 fully saturated rings. The zero-order valence-corrected chi connectivity index (χ0v) is 18.0. The van der Waals surface area contributed by atoms with Crippen molar-refractivity contribution in [1.82, 2.24) is 9.80 Å². The van der Waals surface area contributed by atoms with E-state index in [4.69, 9.17) is 5.73 Å². The minimum atomic E-state index is -1.05. The quantitative estimate of drug-likeness (QED) is 0.751.